The Labute approximate surface area is 117 Å². The van der Waals surface area contributed by atoms with E-state index in [1.54, 1.807) is 18.5 Å². The summed E-state index contributed by atoms with van der Waals surface area (Å²) in [4.78, 5) is 4.55. The van der Waals surface area contributed by atoms with Crippen LogP contribution in [0.2, 0.25) is 0 Å². The zero-order chi connectivity index (χ0) is 13.6. The SMILES string of the molecule is C1=CNOC=C1.c1ccc2c(c1)Nc1ccccc1O2. The van der Waals surface area contributed by atoms with Gasteiger partial charge in [-0.25, -0.2) is 5.48 Å². The van der Waals surface area contributed by atoms with Crippen molar-refractivity contribution in [2.24, 2.45) is 0 Å². The first-order valence-corrected chi connectivity index (χ1v) is 6.29. The van der Waals surface area contributed by atoms with Crippen LogP contribution in [-0.2, 0) is 4.84 Å². The number of fused-ring (bicyclic) bond motifs is 2. The van der Waals surface area contributed by atoms with Crippen LogP contribution in [0, 0.1) is 0 Å². The van der Waals surface area contributed by atoms with Crippen molar-refractivity contribution in [1.82, 2.24) is 5.48 Å². The number of ether oxygens (including phenoxy) is 1. The van der Waals surface area contributed by atoms with Crippen LogP contribution >= 0.6 is 0 Å². The molecule has 4 heteroatoms. The lowest BCUT2D eigenvalue weighted by atomic mass is 10.2. The highest BCUT2D eigenvalue weighted by Crippen LogP contribution is 2.40. The van der Waals surface area contributed by atoms with Gasteiger partial charge in [-0.2, -0.15) is 0 Å². The van der Waals surface area contributed by atoms with E-state index in [2.05, 4.69) is 15.6 Å². The van der Waals surface area contributed by atoms with Crippen molar-refractivity contribution in [2.75, 3.05) is 5.32 Å². The van der Waals surface area contributed by atoms with Crippen molar-refractivity contribution in [1.29, 1.82) is 0 Å². The molecule has 20 heavy (non-hydrogen) atoms. The van der Waals surface area contributed by atoms with E-state index in [4.69, 9.17) is 4.74 Å². The van der Waals surface area contributed by atoms with Gasteiger partial charge in [0.1, 0.15) is 6.26 Å². The Morgan fingerprint density at radius 2 is 1.40 bits per heavy atom. The van der Waals surface area contributed by atoms with Crippen LogP contribution in [0.3, 0.4) is 0 Å². The zero-order valence-electron chi connectivity index (χ0n) is 10.7. The number of allylic oxidation sites excluding steroid dienone is 2. The van der Waals surface area contributed by atoms with E-state index in [0.717, 1.165) is 22.9 Å². The second-order valence-corrected chi connectivity index (χ2v) is 4.14. The molecule has 0 amide bonds. The van der Waals surface area contributed by atoms with Crippen LogP contribution in [0.1, 0.15) is 0 Å². The molecule has 0 spiro atoms. The van der Waals surface area contributed by atoms with Gasteiger partial charge in [0, 0.05) is 6.20 Å². The van der Waals surface area contributed by atoms with E-state index in [-0.39, 0.29) is 0 Å². The second-order valence-electron chi connectivity index (χ2n) is 4.14. The van der Waals surface area contributed by atoms with E-state index in [9.17, 15) is 0 Å². The van der Waals surface area contributed by atoms with Gasteiger partial charge in [0.15, 0.2) is 11.5 Å². The van der Waals surface area contributed by atoms with Crippen molar-refractivity contribution >= 4 is 11.4 Å². The zero-order valence-corrected chi connectivity index (χ0v) is 10.7. The first-order valence-electron chi connectivity index (χ1n) is 6.29. The average molecular weight is 266 g/mol. The van der Waals surface area contributed by atoms with Crippen LogP contribution in [0.25, 0.3) is 0 Å². The van der Waals surface area contributed by atoms with Gasteiger partial charge < -0.3 is 14.9 Å². The average Bonchev–Trinajstić information content (AvgIpc) is 2.55. The fourth-order valence-electron chi connectivity index (χ4n) is 1.84. The molecule has 0 radical (unpaired) electrons. The van der Waals surface area contributed by atoms with Gasteiger partial charge in [0.25, 0.3) is 0 Å². The molecule has 0 atom stereocenters. The predicted octanol–water partition coefficient (Wildman–Crippen LogP) is 4.08. The lowest BCUT2D eigenvalue weighted by Gasteiger charge is -2.20. The molecule has 2 aromatic rings. The smallest absolute Gasteiger partial charge is 0.150 e. The van der Waals surface area contributed by atoms with Crippen LogP contribution in [0.5, 0.6) is 11.5 Å². The summed E-state index contributed by atoms with van der Waals surface area (Å²) >= 11 is 0. The third-order valence-corrected chi connectivity index (χ3v) is 2.75. The summed E-state index contributed by atoms with van der Waals surface area (Å²) in [5, 5.41) is 3.32. The highest BCUT2D eigenvalue weighted by Gasteiger charge is 2.13. The molecule has 0 bridgehead atoms. The molecule has 2 heterocycles. The minimum absolute atomic E-state index is 0.881. The molecule has 2 N–H and O–H groups in total. The Morgan fingerprint density at radius 3 is 1.85 bits per heavy atom. The van der Waals surface area contributed by atoms with Gasteiger partial charge in [0.2, 0.25) is 0 Å². The number of hydrogen-bond donors (Lipinski definition) is 2. The summed E-state index contributed by atoms with van der Waals surface area (Å²) in [5.74, 6) is 1.76. The second kappa shape index (κ2) is 5.84. The Kier molecular flexibility index (Phi) is 3.55. The molecule has 0 unspecified atom stereocenters. The van der Waals surface area contributed by atoms with Crippen molar-refractivity contribution in [3.8, 4) is 11.5 Å². The largest absolute Gasteiger partial charge is 0.453 e. The van der Waals surface area contributed by atoms with Crippen LogP contribution < -0.4 is 15.5 Å². The molecule has 0 aliphatic carbocycles. The summed E-state index contributed by atoms with van der Waals surface area (Å²) in [5.41, 5.74) is 4.56. The maximum Gasteiger partial charge on any atom is 0.150 e. The van der Waals surface area contributed by atoms with E-state index in [1.165, 1.54) is 0 Å². The third-order valence-electron chi connectivity index (χ3n) is 2.75. The quantitative estimate of drug-likeness (QED) is 0.643. The van der Waals surface area contributed by atoms with Gasteiger partial charge in [-0.3, -0.25) is 0 Å². The monoisotopic (exact) mass is 266 g/mol. The van der Waals surface area contributed by atoms with Gasteiger partial charge in [-0.1, -0.05) is 24.3 Å². The minimum atomic E-state index is 0.881. The first-order chi connectivity index (χ1) is 9.93. The number of para-hydroxylation sites is 4. The van der Waals surface area contributed by atoms with Gasteiger partial charge in [-0.15, -0.1) is 0 Å². The first kappa shape index (κ1) is 12.2. The maximum absolute atomic E-state index is 5.71. The van der Waals surface area contributed by atoms with E-state index in [0.29, 0.717) is 0 Å². The number of benzene rings is 2. The molecule has 0 saturated heterocycles. The lowest BCUT2D eigenvalue weighted by Crippen LogP contribution is -2.01. The summed E-state index contributed by atoms with van der Waals surface area (Å²) in [6.45, 7) is 0. The Balaban J connectivity index is 0.000000170. The molecule has 2 aliphatic heterocycles. The molecule has 0 aromatic heterocycles. The summed E-state index contributed by atoms with van der Waals surface area (Å²) in [7, 11) is 0. The minimum Gasteiger partial charge on any atom is -0.453 e. The standard InChI is InChI=1S/C12H9NO.C4H5NO/c1-3-7-11-9(5-1)13-10-6-2-4-8-12(10)14-11;1-2-4-6-5-3-1/h1-8,13H;1-5H. The highest BCUT2D eigenvalue weighted by molar-refractivity contribution is 5.75. The van der Waals surface area contributed by atoms with Crippen molar-refractivity contribution in [3.05, 3.63) is 73.1 Å². The van der Waals surface area contributed by atoms with Crippen molar-refractivity contribution < 1.29 is 9.57 Å². The summed E-state index contributed by atoms with van der Waals surface area (Å²) < 4.78 is 5.71. The topological polar surface area (TPSA) is 42.5 Å². The van der Waals surface area contributed by atoms with E-state index < -0.39 is 0 Å². The Hall–Kier alpha value is -2.88. The van der Waals surface area contributed by atoms with E-state index >= 15 is 0 Å². The van der Waals surface area contributed by atoms with Gasteiger partial charge in [-0.05, 0) is 36.4 Å². The van der Waals surface area contributed by atoms with Gasteiger partial charge >= 0.3 is 0 Å². The third kappa shape index (κ3) is 2.75. The lowest BCUT2D eigenvalue weighted by molar-refractivity contribution is 0.172. The van der Waals surface area contributed by atoms with Crippen LogP contribution in [-0.4, -0.2) is 0 Å². The molecule has 4 nitrogen and oxygen atoms in total. The molecule has 0 fully saturated rings. The molecular weight excluding hydrogens is 252 g/mol. The van der Waals surface area contributed by atoms with Crippen molar-refractivity contribution in [3.63, 3.8) is 0 Å². The van der Waals surface area contributed by atoms with Crippen LogP contribution in [0.15, 0.2) is 73.1 Å². The Morgan fingerprint density at radius 1 is 0.750 bits per heavy atom. The normalized spacial score (nSPS) is 13.2. The Bertz CT molecular complexity index is 551. The summed E-state index contributed by atoms with van der Waals surface area (Å²) in [6, 6.07) is 15.8. The fraction of sp³-hybridized carbons (Fsp3) is 0. The van der Waals surface area contributed by atoms with Crippen LogP contribution in [0.4, 0.5) is 11.4 Å². The number of hydrogen-bond acceptors (Lipinski definition) is 4. The van der Waals surface area contributed by atoms with Gasteiger partial charge in [0.05, 0.1) is 11.4 Å². The summed E-state index contributed by atoms with van der Waals surface area (Å²) in [6.07, 6.45) is 6.93. The fourth-order valence-corrected chi connectivity index (χ4v) is 1.84. The number of hydroxylamine groups is 1. The highest BCUT2D eigenvalue weighted by atomic mass is 16.6. The maximum atomic E-state index is 5.71. The van der Waals surface area contributed by atoms with Crippen molar-refractivity contribution in [2.45, 2.75) is 0 Å². The predicted molar refractivity (Wildman–Crippen MR) is 78.7 cm³/mol. The molecule has 100 valence electrons. The number of nitrogens with one attached hydrogen (secondary N) is 2. The number of anilines is 2. The molecule has 2 aromatic carbocycles. The molecular formula is C16H14N2O2. The number of rotatable bonds is 0. The molecule has 2 aliphatic rings. The molecule has 4 rings (SSSR count). The molecule has 0 saturated carbocycles. The van der Waals surface area contributed by atoms with E-state index in [1.807, 2.05) is 54.6 Å².